The molecule has 128 valence electrons. The number of non-ortho nitro benzene ring substituents is 2. The number of carbonyl (C=O) groups is 1. The number of nitro benzene ring substituents is 2. The number of methoxy groups -OCH3 is 1. The van der Waals surface area contributed by atoms with Gasteiger partial charge in [0.05, 0.1) is 28.7 Å². The molecule has 0 aliphatic rings. The van der Waals surface area contributed by atoms with Gasteiger partial charge in [-0.2, -0.15) is 0 Å². The zero-order valence-electron chi connectivity index (χ0n) is 13.0. The Morgan fingerprint density at radius 1 is 1.04 bits per heavy atom. The molecule has 1 amide bonds. The Kier molecular flexibility index (Phi) is 5.41. The van der Waals surface area contributed by atoms with E-state index >= 15 is 0 Å². The van der Waals surface area contributed by atoms with Crippen LogP contribution >= 0.6 is 0 Å². The Hall–Kier alpha value is -3.75. The molecule has 0 bridgehead atoms. The molecule has 0 unspecified atom stereocenters. The van der Waals surface area contributed by atoms with Crippen molar-refractivity contribution in [1.82, 2.24) is 0 Å². The maximum Gasteiger partial charge on any atom is 0.273 e. The van der Waals surface area contributed by atoms with E-state index in [0.717, 1.165) is 0 Å². The molecule has 9 nitrogen and oxygen atoms in total. The average molecular weight is 343 g/mol. The molecule has 0 spiro atoms. The van der Waals surface area contributed by atoms with Crippen LogP contribution in [0.2, 0.25) is 0 Å². The van der Waals surface area contributed by atoms with Gasteiger partial charge in [0.15, 0.2) is 0 Å². The zero-order valence-corrected chi connectivity index (χ0v) is 13.0. The maximum absolute atomic E-state index is 12.0. The van der Waals surface area contributed by atoms with E-state index in [1.807, 2.05) is 0 Å². The van der Waals surface area contributed by atoms with Gasteiger partial charge < -0.3 is 10.1 Å². The van der Waals surface area contributed by atoms with E-state index < -0.39 is 15.8 Å². The summed E-state index contributed by atoms with van der Waals surface area (Å²) in [6.07, 6.45) is 2.72. The number of nitrogens with zero attached hydrogens (tertiary/aromatic N) is 2. The summed E-state index contributed by atoms with van der Waals surface area (Å²) in [6, 6.07) is 9.50. The summed E-state index contributed by atoms with van der Waals surface area (Å²) in [7, 11) is 1.33. The zero-order chi connectivity index (χ0) is 18.4. The molecule has 0 radical (unpaired) electrons. The predicted molar refractivity (Wildman–Crippen MR) is 90.4 cm³/mol. The third-order valence-electron chi connectivity index (χ3n) is 3.18. The fraction of sp³-hybridized carbons (Fsp3) is 0.0625. The van der Waals surface area contributed by atoms with Crippen LogP contribution in [0.25, 0.3) is 6.08 Å². The molecule has 0 heterocycles. The molecule has 0 aliphatic heterocycles. The van der Waals surface area contributed by atoms with E-state index in [1.54, 1.807) is 0 Å². The van der Waals surface area contributed by atoms with Gasteiger partial charge in [-0.05, 0) is 29.8 Å². The molecule has 0 saturated carbocycles. The summed E-state index contributed by atoms with van der Waals surface area (Å²) in [5, 5.41) is 23.9. The van der Waals surface area contributed by atoms with E-state index in [4.69, 9.17) is 4.74 Å². The Labute approximate surface area is 141 Å². The van der Waals surface area contributed by atoms with Crippen molar-refractivity contribution >= 4 is 29.0 Å². The van der Waals surface area contributed by atoms with Crippen molar-refractivity contribution in [1.29, 1.82) is 0 Å². The summed E-state index contributed by atoms with van der Waals surface area (Å²) in [4.78, 5) is 32.2. The second kappa shape index (κ2) is 7.68. The number of benzene rings is 2. The maximum atomic E-state index is 12.0. The lowest BCUT2D eigenvalue weighted by atomic mass is 10.2. The van der Waals surface area contributed by atoms with Crippen molar-refractivity contribution in [2.75, 3.05) is 12.4 Å². The molecular formula is C16H13N3O6. The third-order valence-corrected chi connectivity index (χ3v) is 3.18. The summed E-state index contributed by atoms with van der Waals surface area (Å²) < 4.78 is 5.03. The minimum atomic E-state index is -0.567. The minimum absolute atomic E-state index is 0.0442. The number of rotatable bonds is 6. The number of nitro groups is 2. The molecule has 2 aromatic rings. The lowest BCUT2D eigenvalue weighted by molar-refractivity contribution is -0.385. The first-order valence-corrected chi connectivity index (χ1v) is 6.96. The van der Waals surface area contributed by atoms with Crippen molar-refractivity contribution in [3.8, 4) is 5.75 Å². The Bertz CT molecular complexity index is 845. The van der Waals surface area contributed by atoms with Crippen molar-refractivity contribution < 1.29 is 19.4 Å². The van der Waals surface area contributed by atoms with Crippen molar-refractivity contribution in [3.05, 3.63) is 74.3 Å². The van der Waals surface area contributed by atoms with Crippen molar-refractivity contribution in [3.63, 3.8) is 0 Å². The summed E-state index contributed by atoms with van der Waals surface area (Å²) in [5.74, 6) is -0.322. The lowest BCUT2D eigenvalue weighted by Gasteiger charge is -2.08. The molecule has 25 heavy (non-hydrogen) atoms. The second-order valence-corrected chi connectivity index (χ2v) is 4.81. The van der Waals surface area contributed by atoms with Gasteiger partial charge in [-0.1, -0.05) is 0 Å². The molecule has 9 heteroatoms. The lowest BCUT2D eigenvalue weighted by Crippen LogP contribution is -2.09. The number of carbonyl (C=O) groups excluding carboxylic acids is 1. The van der Waals surface area contributed by atoms with Crippen LogP contribution in [0.4, 0.5) is 17.1 Å². The highest BCUT2D eigenvalue weighted by atomic mass is 16.6. The standard InChI is InChI=1S/C16H13N3O6/c1-25-15-10-13(19(23)24)7-8-14(15)17-16(20)9-4-11-2-5-12(6-3-11)18(21)22/h2-10H,1H3,(H,17,20). The van der Waals surface area contributed by atoms with Crippen LogP contribution in [0.5, 0.6) is 5.75 Å². The highest BCUT2D eigenvalue weighted by Gasteiger charge is 2.12. The number of amides is 1. The third kappa shape index (κ3) is 4.61. The van der Waals surface area contributed by atoms with Gasteiger partial charge >= 0.3 is 0 Å². The smallest absolute Gasteiger partial charge is 0.273 e. The van der Waals surface area contributed by atoms with E-state index in [2.05, 4.69) is 5.32 Å². The molecule has 1 N–H and O–H groups in total. The fourth-order valence-electron chi connectivity index (χ4n) is 1.95. The Morgan fingerprint density at radius 3 is 2.20 bits per heavy atom. The van der Waals surface area contributed by atoms with Crippen molar-refractivity contribution in [2.45, 2.75) is 0 Å². The SMILES string of the molecule is COc1cc([N+](=O)[O-])ccc1NC(=O)C=Cc1ccc([N+](=O)[O-])cc1. The molecule has 0 saturated heterocycles. The normalized spacial score (nSPS) is 10.4. The molecule has 0 atom stereocenters. The first-order chi connectivity index (χ1) is 11.9. The van der Waals surface area contributed by atoms with E-state index in [1.165, 1.54) is 61.7 Å². The first kappa shape index (κ1) is 17.6. The van der Waals surface area contributed by atoms with Crippen LogP contribution in [-0.4, -0.2) is 22.9 Å². The number of nitrogens with one attached hydrogen (secondary N) is 1. The van der Waals surface area contributed by atoms with Gasteiger partial charge in [0.2, 0.25) is 5.91 Å². The van der Waals surface area contributed by atoms with Crippen molar-refractivity contribution in [2.24, 2.45) is 0 Å². The monoisotopic (exact) mass is 343 g/mol. The van der Waals surface area contributed by atoms with Gasteiger partial charge in [-0.25, -0.2) is 0 Å². The summed E-state index contributed by atoms with van der Waals surface area (Å²) in [5.41, 5.74) is 0.691. The van der Waals surface area contributed by atoms with Gasteiger partial charge in [0.25, 0.3) is 11.4 Å². The summed E-state index contributed by atoms with van der Waals surface area (Å²) >= 11 is 0. The number of ether oxygens (including phenoxy) is 1. The topological polar surface area (TPSA) is 125 Å². The molecule has 0 aliphatic carbocycles. The van der Waals surface area contributed by atoms with E-state index in [-0.39, 0.29) is 22.8 Å². The molecule has 0 fully saturated rings. The van der Waals surface area contributed by atoms with Crippen LogP contribution in [0.3, 0.4) is 0 Å². The Balaban J connectivity index is 2.09. The van der Waals surface area contributed by atoms with Gasteiger partial charge in [0.1, 0.15) is 5.75 Å². The average Bonchev–Trinajstić information content (AvgIpc) is 2.60. The van der Waals surface area contributed by atoms with Crippen LogP contribution < -0.4 is 10.1 Å². The minimum Gasteiger partial charge on any atom is -0.494 e. The Morgan fingerprint density at radius 2 is 1.64 bits per heavy atom. The van der Waals surface area contributed by atoms with Crippen LogP contribution in [0, 0.1) is 20.2 Å². The van der Waals surface area contributed by atoms with Gasteiger partial charge in [-0.15, -0.1) is 0 Å². The number of hydrogen-bond acceptors (Lipinski definition) is 6. The highest BCUT2D eigenvalue weighted by molar-refractivity contribution is 6.02. The highest BCUT2D eigenvalue weighted by Crippen LogP contribution is 2.29. The van der Waals surface area contributed by atoms with E-state index in [0.29, 0.717) is 5.56 Å². The number of hydrogen-bond donors (Lipinski definition) is 1. The van der Waals surface area contributed by atoms with Crippen LogP contribution in [0.15, 0.2) is 48.5 Å². The molecule has 2 aromatic carbocycles. The molecule has 0 aromatic heterocycles. The van der Waals surface area contributed by atoms with E-state index in [9.17, 15) is 25.0 Å². The van der Waals surface area contributed by atoms with Gasteiger partial charge in [-0.3, -0.25) is 25.0 Å². The van der Waals surface area contributed by atoms with Gasteiger partial charge in [0, 0.05) is 24.3 Å². The molecular weight excluding hydrogens is 330 g/mol. The fourth-order valence-corrected chi connectivity index (χ4v) is 1.95. The predicted octanol–water partition coefficient (Wildman–Crippen LogP) is 3.16. The quantitative estimate of drug-likeness (QED) is 0.488. The molecule has 2 rings (SSSR count). The van der Waals surface area contributed by atoms with Crippen LogP contribution in [0.1, 0.15) is 5.56 Å². The van der Waals surface area contributed by atoms with Crippen LogP contribution in [-0.2, 0) is 4.79 Å². The second-order valence-electron chi connectivity index (χ2n) is 4.81. The largest absolute Gasteiger partial charge is 0.494 e. The number of anilines is 1. The first-order valence-electron chi connectivity index (χ1n) is 6.96. The summed E-state index contributed by atoms with van der Waals surface area (Å²) in [6.45, 7) is 0.